The topological polar surface area (TPSA) is 76.1 Å². The van der Waals surface area contributed by atoms with Gasteiger partial charge in [-0.1, -0.05) is 60.7 Å². The van der Waals surface area contributed by atoms with Crippen molar-refractivity contribution in [3.05, 3.63) is 83.1 Å². The normalized spacial score (nSPS) is 22.6. The summed E-state index contributed by atoms with van der Waals surface area (Å²) < 4.78 is 9.88. The molecule has 1 N–H and O–H groups in total. The average Bonchev–Trinajstić information content (AvgIpc) is 2.74. The summed E-state index contributed by atoms with van der Waals surface area (Å²) in [7, 11) is 4.33. The van der Waals surface area contributed by atoms with Gasteiger partial charge in [-0.3, -0.25) is 9.69 Å². The fourth-order valence-electron chi connectivity index (χ4n) is 3.87. The second kappa shape index (κ2) is 8.27. The van der Waals surface area contributed by atoms with Crippen LogP contribution in [0.5, 0.6) is 0 Å². The van der Waals surface area contributed by atoms with Gasteiger partial charge in [0.15, 0.2) is 0 Å². The van der Waals surface area contributed by atoms with Crippen molar-refractivity contribution in [3.8, 4) is 0 Å². The van der Waals surface area contributed by atoms with E-state index in [-0.39, 0.29) is 11.3 Å². The van der Waals surface area contributed by atoms with Gasteiger partial charge < -0.3 is 14.6 Å². The lowest BCUT2D eigenvalue weighted by Gasteiger charge is -2.43. The number of likely N-dealkylation sites (N-methyl/N-ethyl adjacent to an activating group) is 1. The maximum Gasteiger partial charge on any atom is 0.339 e. The summed E-state index contributed by atoms with van der Waals surface area (Å²) in [5.41, 5.74) is 1.68. The highest BCUT2D eigenvalue weighted by Crippen LogP contribution is 2.47. The van der Waals surface area contributed by atoms with Crippen molar-refractivity contribution in [1.29, 1.82) is 0 Å². The summed E-state index contributed by atoms with van der Waals surface area (Å²) in [4.78, 5) is 27.1. The van der Waals surface area contributed by atoms with Crippen LogP contribution in [0.4, 0.5) is 0 Å². The number of methoxy groups -OCH3 is 2. The number of carbonyl (C=O) groups excluding carboxylic acids is 2. The largest absolute Gasteiger partial charge is 0.511 e. The van der Waals surface area contributed by atoms with Crippen LogP contribution in [0.3, 0.4) is 0 Å². The summed E-state index contributed by atoms with van der Waals surface area (Å²) in [6.45, 7) is 0. The van der Waals surface area contributed by atoms with E-state index in [1.54, 1.807) is 0 Å². The van der Waals surface area contributed by atoms with E-state index in [1.807, 2.05) is 72.6 Å². The molecule has 6 heteroatoms. The van der Waals surface area contributed by atoms with Gasteiger partial charge in [0.2, 0.25) is 0 Å². The van der Waals surface area contributed by atoms with Gasteiger partial charge in [0.05, 0.1) is 31.9 Å². The number of nitrogens with zero attached hydrogens (tertiary/aromatic N) is 1. The molecular weight excluding hydrogens is 358 g/mol. The Labute approximate surface area is 164 Å². The molecule has 1 aliphatic heterocycles. The van der Waals surface area contributed by atoms with E-state index < -0.39 is 29.9 Å². The molecule has 1 heterocycles. The lowest BCUT2D eigenvalue weighted by atomic mass is 9.79. The first-order chi connectivity index (χ1) is 13.5. The number of rotatable bonds is 4. The quantitative estimate of drug-likeness (QED) is 0.820. The van der Waals surface area contributed by atoms with Gasteiger partial charge in [-0.05, 0) is 18.2 Å². The lowest BCUT2D eigenvalue weighted by molar-refractivity contribution is -0.149. The minimum absolute atomic E-state index is 0.0405. The zero-order valence-corrected chi connectivity index (χ0v) is 16.0. The average molecular weight is 381 g/mol. The minimum Gasteiger partial charge on any atom is -0.511 e. The molecule has 0 saturated heterocycles. The Balaban J connectivity index is 2.26. The Morgan fingerprint density at radius 2 is 1.43 bits per heavy atom. The number of hydrogen-bond acceptors (Lipinski definition) is 6. The number of esters is 2. The molecule has 0 radical (unpaired) electrons. The summed E-state index contributed by atoms with van der Waals surface area (Å²) in [6, 6.07) is 17.6. The number of aliphatic hydroxyl groups excluding tert-OH is 1. The Morgan fingerprint density at radius 1 is 0.893 bits per heavy atom. The highest BCUT2D eigenvalue weighted by molar-refractivity contribution is 5.93. The standard InChI is InChI=1S/C22H23NO5/c1-23-18(14-10-6-4-7-11-14)16(21(25)27-2)20(24)17(22(26)28-3)19(23)15-12-8-5-9-13-15/h4-13,16,18-19,24H,1-3H3/t16-,18-,19+/m0/s1. The van der Waals surface area contributed by atoms with Gasteiger partial charge in [0, 0.05) is 0 Å². The maximum absolute atomic E-state index is 12.6. The molecule has 0 amide bonds. The van der Waals surface area contributed by atoms with Crippen molar-refractivity contribution in [3.63, 3.8) is 0 Å². The molecule has 2 aromatic rings. The number of ether oxygens (including phenoxy) is 2. The zero-order chi connectivity index (χ0) is 20.3. The number of carbonyl (C=O) groups is 2. The van der Waals surface area contributed by atoms with Crippen molar-refractivity contribution in [2.75, 3.05) is 21.3 Å². The van der Waals surface area contributed by atoms with E-state index in [9.17, 15) is 14.7 Å². The van der Waals surface area contributed by atoms with Gasteiger partial charge >= 0.3 is 11.9 Å². The SMILES string of the molecule is COC(=O)C1=C(O)[C@@H](C(=O)OC)[C@H](c2ccccc2)N(C)[C@@H]1c1ccccc1. The molecule has 2 aromatic carbocycles. The second-order valence-corrected chi connectivity index (χ2v) is 6.63. The highest BCUT2D eigenvalue weighted by atomic mass is 16.5. The third-order valence-electron chi connectivity index (χ3n) is 5.12. The van der Waals surface area contributed by atoms with Crippen molar-refractivity contribution in [2.24, 2.45) is 5.92 Å². The molecule has 28 heavy (non-hydrogen) atoms. The van der Waals surface area contributed by atoms with E-state index >= 15 is 0 Å². The maximum atomic E-state index is 12.6. The zero-order valence-electron chi connectivity index (χ0n) is 16.0. The molecule has 1 aliphatic rings. The molecule has 0 saturated carbocycles. The van der Waals surface area contributed by atoms with Crippen LogP contribution in [0, 0.1) is 5.92 Å². The highest BCUT2D eigenvalue weighted by Gasteiger charge is 2.48. The van der Waals surface area contributed by atoms with E-state index in [0.29, 0.717) is 0 Å². The molecule has 0 fully saturated rings. The summed E-state index contributed by atoms with van der Waals surface area (Å²) in [5.74, 6) is -2.67. The predicted molar refractivity (Wildman–Crippen MR) is 103 cm³/mol. The molecule has 0 bridgehead atoms. The monoisotopic (exact) mass is 381 g/mol. The van der Waals surface area contributed by atoms with Gasteiger partial charge in [-0.25, -0.2) is 4.79 Å². The van der Waals surface area contributed by atoms with Crippen molar-refractivity contribution in [2.45, 2.75) is 12.1 Å². The van der Waals surface area contributed by atoms with E-state index in [1.165, 1.54) is 14.2 Å². The van der Waals surface area contributed by atoms with Gasteiger partial charge in [0.1, 0.15) is 11.7 Å². The van der Waals surface area contributed by atoms with Crippen LogP contribution in [0.1, 0.15) is 23.2 Å². The smallest absolute Gasteiger partial charge is 0.339 e. The molecule has 0 spiro atoms. The van der Waals surface area contributed by atoms with Crippen LogP contribution in [-0.2, 0) is 19.1 Å². The van der Waals surface area contributed by atoms with Crippen LogP contribution in [0.2, 0.25) is 0 Å². The molecule has 0 aliphatic carbocycles. The lowest BCUT2D eigenvalue weighted by Crippen LogP contribution is -2.45. The third-order valence-corrected chi connectivity index (χ3v) is 5.12. The first-order valence-corrected chi connectivity index (χ1v) is 8.92. The molecular formula is C22H23NO5. The molecule has 3 rings (SSSR count). The summed E-state index contributed by atoms with van der Waals surface area (Å²) in [6.07, 6.45) is 0. The van der Waals surface area contributed by atoms with Crippen molar-refractivity contribution in [1.82, 2.24) is 4.90 Å². The fourth-order valence-corrected chi connectivity index (χ4v) is 3.87. The number of benzene rings is 2. The molecule has 3 atom stereocenters. The Bertz CT molecular complexity index is 878. The van der Waals surface area contributed by atoms with Crippen LogP contribution < -0.4 is 0 Å². The van der Waals surface area contributed by atoms with E-state index in [4.69, 9.17) is 9.47 Å². The third kappa shape index (κ3) is 3.39. The van der Waals surface area contributed by atoms with Crippen LogP contribution in [-0.4, -0.2) is 43.2 Å². The van der Waals surface area contributed by atoms with Gasteiger partial charge in [-0.2, -0.15) is 0 Å². The van der Waals surface area contributed by atoms with Crippen molar-refractivity contribution < 1.29 is 24.2 Å². The Hall–Kier alpha value is -3.12. The predicted octanol–water partition coefficient (Wildman–Crippen LogP) is 3.19. The second-order valence-electron chi connectivity index (χ2n) is 6.63. The van der Waals surface area contributed by atoms with Crippen molar-refractivity contribution >= 4 is 11.9 Å². The molecule has 6 nitrogen and oxygen atoms in total. The number of hydrogen-bond donors (Lipinski definition) is 1. The van der Waals surface area contributed by atoms with Gasteiger partial charge in [0.25, 0.3) is 0 Å². The Kier molecular flexibility index (Phi) is 5.80. The number of aliphatic hydroxyl groups is 1. The Morgan fingerprint density at radius 3 is 1.93 bits per heavy atom. The first kappa shape index (κ1) is 19.6. The van der Waals surface area contributed by atoms with Crippen LogP contribution in [0.15, 0.2) is 72.0 Å². The molecule has 146 valence electrons. The van der Waals surface area contributed by atoms with Crippen LogP contribution in [0.25, 0.3) is 0 Å². The van der Waals surface area contributed by atoms with Crippen LogP contribution >= 0.6 is 0 Å². The van der Waals surface area contributed by atoms with E-state index in [0.717, 1.165) is 11.1 Å². The fraction of sp³-hybridized carbons (Fsp3) is 0.273. The molecule has 0 aromatic heterocycles. The summed E-state index contributed by atoms with van der Waals surface area (Å²) >= 11 is 0. The summed E-state index contributed by atoms with van der Waals surface area (Å²) in [5, 5.41) is 11.1. The minimum atomic E-state index is -1.05. The van der Waals surface area contributed by atoms with Gasteiger partial charge in [-0.15, -0.1) is 0 Å². The first-order valence-electron chi connectivity index (χ1n) is 8.92. The van der Waals surface area contributed by atoms with E-state index in [2.05, 4.69) is 0 Å². The molecule has 0 unspecified atom stereocenters.